The molecule has 0 atom stereocenters. The Hall–Kier alpha value is -2.20. The van der Waals surface area contributed by atoms with Crippen molar-refractivity contribution in [1.29, 1.82) is 0 Å². The van der Waals surface area contributed by atoms with Crippen molar-refractivity contribution >= 4 is 37.8 Å². The maximum absolute atomic E-state index is 5.84. The van der Waals surface area contributed by atoms with Gasteiger partial charge in [0.15, 0.2) is 5.58 Å². The predicted octanol–water partition coefficient (Wildman–Crippen LogP) is 4.81. The first-order valence-electron chi connectivity index (χ1n) is 6.22. The summed E-state index contributed by atoms with van der Waals surface area (Å²) in [4.78, 5) is 8.83. The lowest BCUT2D eigenvalue weighted by Gasteiger charge is -1.99. The van der Waals surface area contributed by atoms with Crippen molar-refractivity contribution in [2.24, 2.45) is 0 Å². The number of pyridine rings is 1. The first-order valence-corrected chi connectivity index (χ1v) is 7.01. The number of hydrogen-bond acceptors (Lipinski definition) is 3. The monoisotopic (exact) mass is 324 g/mol. The van der Waals surface area contributed by atoms with Gasteiger partial charge in [-0.2, -0.15) is 0 Å². The van der Waals surface area contributed by atoms with E-state index in [1.807, 2.05) is 36.4 Å². The summed E-state index contributed by atoms with van der Waals surface area (Å²) in [5, 5.41) is 2.25. The van der Waals surface area contributed by atoms with Crippen LogP contribution in [0, 0.1) is 0 Å². The Kier molecular flexibility index (Phi) is 2.57. The molecule has 0 radical (unpaired) electrons. The SMILES string of the molecule is Brc1c2ccccc2cc2oc(-c3ccccn3)nc12. The van der Waals surface area contributed by atoms with Gasteiger partial charge in [0.25, 0.3) is 0 Å². The van der Waals surface area contributed by atoms with Gasteiger partial charge in [0.2, 0.25) is 5.89 Å². The van der Waals surface area contributed by atoms with Crippen LogP contribution in [0.5, 0.6) is 0 Å². The Labute approximate surface area is 123 Å². The van der Waals surface area contributed by atoms with Crippen molar-refractivity contribution in [2.45, 2.75) is 0 Å². The molecule has 0 amide bonds. The smallest absolute Gasteiger partial charge is 0.246 e. The minimum atomic E-state index is 0.539. The third-order valence-electron chi connectivity index (χ3n) is 3.23. The Bertz CT molecular complexity index is 916. The van der Waals surface area contributed by atoms with Crippen molar-refractivity contribution in [2.75, 3.05) is 0 Å². The van der Waals surface area contributed by atoms with Gasteiger partial charge in [-0.1, -0.05) is 30.3 Å². The highest BCUT2D eigenvalue weighted by atomic mass is 79.9. The first-order chi connectivity index (χ1) is 9.83. The summed E-state index contributed by atoms with van der Waals surface area (Å²) in [5.74, 6) is 0.539. The summed E-state index contributed by atoms with van der Waals surface area (Å²) in [7, 11) is 0. The molecule has 0 aliphatic rings. The number of hydrogen-bond donors (Lipinski definition) is 0. The van der Waals surface area contributed by atoms with Gasteiger partial charge in [-0.05, 0) is 44.9 Å². The van der Waals surface area contributed by atoms with Crippen LogP contribution in [0.4, 0.5) is 0 Å². The fraction of sp³-hybridized carbons (Fsp3) is 0. The van der Waals surface area contributed by atoms with E-state index in [9.17, 15) is 0 Å². The summed E-state index contributed by atoms with van der Waals surface area (Å²) in [6.07, 6.45) is 1.73. The van der Waals surface area contributed by atoms with E-state index in [2.05, 4.69) is 38.0 Å². The van der Waals surface area contributed by atoms with Crippen molar-refractivity contribution < 1.29 is 4.42 Å². The molecular weight excluding hydrogens is 316 g/mol. The van der Waals surface area contributed by atoms with Gasteiger partial charge in [0.05, 0.1) is 4.47 Å². The second-order valence-corrected chi connectivity index (χ2v) is 5.29. The molecule has 0 aliphatic heterocycles. The van der Waals surface area contributed by atoms with E-state index in [1.165, 1.54) is 0 Å². The van der Waals surface area contributed by atoms with Crippen LogP contribution < -0.4 is 0 Å². The van der Waals surface area contributed by atoms with E-state index in [0.717, 1.165) is 32.0 Å². The summed E-state index contributed by atoms with van der Waals surface area (Å²) in [5.41, 5.74) is 2.32. The molecule has 0 saturated carbocycles. The van der Waals surface area contributed by atoms with E-state index in [1.54, 1.807) is 6.20 Å². The van der Waals surface area contributed by atoms with Gasteiger partial charge in [-0.3, -0.25) is 4.98 Å². The van der Waals surface area contributed by atoms with E-state index in [4.69, 9.17) is 4.42 Å². The molecule has 2 heterocycles. The van der Waals surface area contributed by atoms with Crippen LogP contribution >= 0.6 is 15.9 Å². The van der Waals surface area contributed by atoms with Gasteiger partial charge < -0.3 is 4.42 Å². The second-order valence-electron chi connectivity index (χ2n) is 4.49. The quantitative estimate of drug-likeness (QED) is 0.504. The average molecular weight is 325 g/mol. The van der Waals surface area contributed by atoms with E-state index >= 15 is 0 Å². The van der Waals surface area contributed by atoms with Crippen molar-refractivity contribution in [1.82, 2.24) is 9.97 Å². The van der Waals surface area contributed by atoms with E-state index < -0.39 is 0 Å². The van der Waals surface area contributed by atoms with Gasteiger partial charge in [0, 0.05) is 6.20 Å². The summed E-state index contributed by atoms with van der Waals surface area (Å²) >= 11 is 3.63. The number of oxazole rings is 1. The number of fused-ring (bicyclic) bond motifs is 2. The van der Waals surface area contributed by atoms with Crippen LogP contribution in [0.15, 0.2) is 63.6 Å². The third kappa shape index (κ3) is 1.72. The summed E-state index contributed by atoms with van der Waals surface area (Å²) < 4.78 is 6.79. The second kappa shape index (κ2) is 4.42. The zero-order chi connectivity index (χ0) is 13.5. The first kappa shape index (κ1) is 11.6. The van der Waals surface area contributed by atoms with E-state index in [-0.39, 0.29) is 0 Å². The van der Waals surface area contributed by atoms with Gasteiger partial charge in [-0.25, -0.2) is 4.98 Å². The summed E-state index contributed by atoms with van der Waals surface area (Å²) in [6, 6.07) is 15.8. The van der Waals surface area contributed by atoms with Crippen LogP contribution in [0.2, 0.25) is 0 Å². The van der Waals surface area contributed by atoms with Gasteiger partial charge in [-0.15, -0.1) is 0 Å². The van der Waals surface area contributed by atoms with Crippen LogP contribution in [0.1, 0.15) is 0 Å². The maximum Gasteiger partial charge on any atom is 0.246 e. The molecule has 0 N–H and O–H groups in total. The van der Waals surface area contributed by atoms with Crippen molar-refractivity contribution in [3.05, 3.63) is 59.2 Å². The normalized spacial score (nSPS) is 11.2. The molecule has 4 aromatic rings. The molecule has 4 rings (SSSR count). The molecular formula is C16H9BrN2O. The van der Waals surface area contributed by atoms with E-state index in [0.29, 0.717) is 5.89 Å². The van der Waals surface area contributed by atoms with Crippen LogP contribution in [0.3, 0.4) is 0 Å². The largest absolute Gasteiger partial charge is 0.435 e. The Morgan fingerprint density at radius 3 is 2.70 bits per heavy atom. The highest BCUT2D eigenvalue weighted by Crippen LogP contribution is 2.34. The zero-order valence-corrected chi connectivity index (χ0v) is 12.0. The van der Waals surface area contributed by atoms with Crippen LogP contribution in [-0.2, 0) is 0 Å². The Balaban J connectivity index is 2.04. The minimum Gasteiger partial charge on any atom is -0.435 e. The number of benzene rings is 2. The molecule has 2 aromatic heterocycles. The molecule has 0 bridgehead atoms. The molecule has 0 saturated heterocycles. The molecule has 0 fully saturated rings. The predicted molar refractivity (Wildman–Crippen MR) is 82.4 cm³/mol. The molecule has 3 nitrogen and oxygen atoms in total. The molecule has 0 aliphatic carbocycles. The van der Waals surface area contributed by atoms with Crippen LogP contribution in [0.25, 0.3) is 33.5 Å². The highest BCUT2D eigenvalue weighted by molar-refractivity contribution is 9.10. The lowest BCUT2D eigenvalue weighted by molar-refractivity contribution is 0.617. The molecule has 96 valence electrons. The standard InChI is InChI=1S/C16H9BrN2O/c17-14-11-6-2-1-5-10(11)9-13-15(14)19-16(20-13)12-7-3-4-8-18-12/h1-9H. The molecule has 20 heavy (non-hydrogen) atoms. The maximum atomic E-state index is 5.84. The Morgan fingerprint density at radius 1 is 1.00 bits per heavy atom. The lowest BCUT2D eigenvalue weighted by Crippen LogP contribution is -1.81. The fourth-order valence-corrected chi connectivity index (χ4v) is 2.92. The molecule has 4 heteroatoms. The molecule has 0 spiro atoms. The lowest BCUT2D eigenvalue weighted by atomic mass is 10.1. The zero-order valence-electron chi connectivity index (χ0n) is 10.4. The fourth-order valence-electron chi connectivity index (χ4n) is 2.28. The third-order valence-corrected chi connectivity index (χ3v) is 4.03. The number of aromatic nitrogens is 2. The van der Waals surface area contributed by atoms with Gasteiger partial charge >= 0.3 is 0 Å². The van der Waals surface area contributed by atoms with Gasteiger partial charge in [0.1, 0.15) is 11.2 Å². The topological polar surface area (TPSA) is 38.9 Å². The Morgan fingerprint density at radius 2 is 1.85 bits per heavy atom. The van der Waals surface area contributed by atoms with Crippen LogP contribution in [-0.4, -0.2) is 9.97 Å². The number of halogens is 1. The highest BCUT2D eigenvalue weighted by Gasteiger charge is 2.13. The van der Waals surface area contributed by atoms with Crippen molar-refractivity contribution in [3.63, 3.8) is 0 Å². The van der Waals surface area contributed by atoms with Crippen molar-refractivity contribution in [3.8, 4) is 11.6 Å². The number of rotatable bonds is 1. The summed E-state index contributed by atoms with van der Waals surface area (Å²) in [6.45, 7) is 0. The number of nitrogens with zero attached hydrogens (tertiary/aromatic N) is 2. The minimum absolute atomic E-state index is 0.539. The molecule has 0 unspecified atom stereocenters. The average Bonchev–Trinajstić information content (AvgIpc) is 2.93. The molecule has 2 aromatic carbocycles.